The highest BCUT2D eigenvalue weighted by Crippen LogP contribution is 2.22. The Morgan fingerprint density at radius 3 is 2.80 bits per heavy atom. The smallest absolute Gasteiger partial charge is 0.410 e. The van der Waals surface area contributed by atoms with E-state index in [0.717, 1.165) is 6.42 Å². The Bertz CT molecular complexity index is 562. The molecule has 110 valence electrons. The molecule has 1 aromatic heterocycles. The quantitative estimate of drug-likeness (QED) is 0.788. The summed E-state index contributed by atoms with van der Waals surface area (Å²) in [6.45, 7) is 6.65. The van der Waals surface area contributed by atoms with Crippen molar-refractivity contribution in [2.75, 3.05) is 13.1 Å². The van der Waals surface area contributed by atoms with Crippen molar-refractivity contribution in [3.8, 4) is 0 Å². The molecule has 6 heteroatoms. The van der Waals surface area contributed by atoms with Crippen molar-refractivity contribution in [1.29, 1.82) is 0 Å². The third-order valence-electron chi connectivity index (χ3n) is 3.14. The number of pyridine rings is 1. The van der Waals surface area contributed by atoms with Crippen molar-refractivity contribution in [1.82, 2.24) is 9.47 Å². The van der Waals surface area contributed by atoms with Crippen LogP contribution in [-0.2, 0) is 4.74 Å². The van der Waals surface area contributed by atoms with Gasteiger partial charge in [-0.15, -0.1) is 0 Å². The van der Waals surface area contributed by atoms with Crippen molar-refractivity contribution in [3.05, 3.63) is 33.2 Å². The monoisotopic (exact) mass is 342 g/mol. The normalized spacial score (nSPS) is 19.2. The SMILES string of the molecule is CC(C)(C)OC(=O)N1CC[C@@H](n2cccc(Br)c2=O)C1. The first-order valence-electron chi connectivity index (χ1n) is 6.62. The van der Waals surface area contributed by atoms with Crippen molar-refractivity contribution < 1.29 is 9.53 Å². The number of hydrogen-bond donors (Lipinski definition) is 0. The van der Waals surface area contributed by atoms with E-state index in [4.69, 9.17) is 4.74 Å². The summed E-state index contributed by atoms with van der Waals surface area (Å²) in [6, 6.07) is 3.55. The predicted molar refractivity (Wildman–Crippen MR) is 79.9 cm³/mol. The summed E-state index contributed by atoms with van der Waals surface area (Å²) < 4.78 is 7.56. The van der Waals surface area contributed by atoms with Crippen LogP contribution in [0.2, 0.25) is 0 Å². The first-order chi connectivity index (χ1) is 9.28. The molecule has 1 amide bonds. The first kappa shape index (κ1) is 15.1. The second kappa shape index (κ2) is 5.60. The maximum Gasteiger partial charge on any atom is 0.410 e. The van der Waals surface area contributed by atoms with Gasteiger partial charge < -0.3 is 14.2 Å². The minimum absolute atomic E-state index is 0.00696. The fourth-order valence-corrected chi connectivity index (χ4v) is 2.59. The molecule has 0 radical (unpaired) electrons. The first-order valence-corrected chi connectivity index (χ1v) is 7.42. The lowest BCUT2D eigenvalue weighted by Gasteiger charge is -2.24. The van der Waals surface area contributed by atoms with E-state index in [-0.39, 0.29) is 17.7 Å². The molecule has 0 spiro atoms. The molecule has 2 heterocycles. The van der Waals surface area contributed by atoms with Crippen LogP contribution in [0.4, 0.5) is 4.79 Å². The van der Waals surface area contributed by atoms with E-state index < -0.39 is 5.60 Å². The van der Waals surface area contributed by atoms with Gasteiger partial charge in [-0.05, 0) is 55.3 Å². The van der Waals surface area contributed by atoms with Gasteiger partial charge in [-0.25, -0.2) is 4.79 Å². The fraction of sp³-hybridized carbons (Fsp3) is 0.571. The van der Waals surface area contributed by atoms with Crippen LogP contribution in [0.3, 0.4) is 0 Å². The summed E-state index contributed by atoms with van der Waals surface area (Å²) in [5, 5.41) is 0. The maximum absolute atomic E-state index is 12.0. The van der Waals surface area contributed by atoms with Crippen molar-refractivity contribution in [3.63, 3.8) is 0 Å². The van der Waals surface area contributed by atoms with Crippen LogP contribution in [0.1, 0.15) is 33.2 Å². The average molecular weight is 343 g/mol. The van der Waals surface area contributed by atoms with E-state index in [9.17, 15) is 9.59 Å². The average Bonchev–Trinajstić information content (AvgIpc) is 2.80. The summed E-state index contributed by atoms with van der Waals surface area (Å²) >= 11 is 3.24. The molecular formula is C14H19BrN2O3. The van der Waals surface area contributed by atoms with Crippen LogP contribution < -0.4 is 5.56 Å². The van der Waals surface area contributed by atoms with E-state index in [1.165, 1.54) is 0 Å². The topological polar surface area (TPSA) is 51.5 Å². The third-order valence-corrected chi connectivity index (χ3v) is 3.74. The lowest BCUT2D eigenvalue weighted by Crippen LogP contribution is -2.36. The Hall–Kier alpha value is -1.30. The number of halogens is 1. The number of hydrogen-bond acceptors (Lipinski definition) is 3. The molecule has 0 aromatic carbocycles. The second-order valence-corrected chi connectivity index (χ2v) is 6.79. The van der Waals surface area contributed by atoms with Crippen LogP contribution >= 0.6 is 15.9 Å². The van der Waals surface area contributed by atoms with Gasteiger partial charge in [0, 0.05) is 19.3 Å². The van der Waals surface area contributed by atoms with Crippen molar-refractivity contribution >= 4 is 22.0 Å². The predicted octanol–water partition coefficient (Wildman–Crippen LogP) is 2.79. The van der Waals surface area contributed by atoms with E-state index in [1.54, 1.807) is 21.7 Å². The van der Waals surface area contributed by atoms with Gasteiger partial charge in [0.05, 0.1) is 10.5 Å². The van der Waals surface area contributed by atoms with Gasteiger partial charge in [0.1, 0.15) is 5.60 Å². The molecule has 1 aliphatic heterocycles. The molecule has 1 atom stereocenters. The number of carbonyl (C=O) groups is 1. The van der Waals surface area contributed by atoms with E-state index in [0.29, 0.717) is 17.6 Å². The van der Waals surface area contributed by atoms with Crippen molar-refractivity contribution in [2.45, 2.75) is 38.8 Å². The zero-order valence-electron chi connectivity index (χ0n) is 11.9. The Kier molecular flexibility index (Phi) is 4.22. The molecule has 0 bridgehead atoms. The Balaban J connectivity index is 2.08. The minimum Gasteiger partial charge on any atom is -0.444 e. The zero-order chi connectivity index (χ0) is 14.9. The molecular weight excluding hydrogens is 324 g/mol. The van der Waals surface area contributed by atoms with Gasteiger partial charge in [-0.1, -0.05) is 0 Å². The highest BCUT2D eigenvalue weighted by atomic mass is 79.9. The number of likely N-dealkylation sites (tertiary alicyclic amines) is 1. The van der Waals surface area contributed by atoms with Gasteiger partial charge in [0.25, 0.3) is 5.56 Å². The molecule has 1 saturated heterocycles. The minimum atomic E-state index is -0.498. The van der Waals surface area contributed by atoms with E-state index >= 15 is 0 Å². The lowest BCUT2D eigenvalue weighted by molar-refractivity contribution is 0.0289. The zero-order valence-corrected chi connectivity index (χ0v) is 13.5. The maximum atomic E-state index is 12.0. The standard InChI is InChI=1S/C14H19BrN2O3/c1-14(2,3)20-13(19)16-8-6-10(9-16)17-7-4-5-11(15)12(17)18/h4-5,7,10H,6,8-9H2,1-3H3/t10-/m1/s1. The van der Waals surface area contributed by atoms with Crippen molar-refractivity contribution in [2.24, 2.45) is 0 Å². The summed E-state index contributed by atoms with van der Waals surface area (Å²) in [7, 11) is 0. The number of amides is 1. The van der Waals surface area contributed by atoms with Crippen LogP contribution in [-0.4, -0.2) is 34.3 Å². The molecule has 0 N–H and O–H groups in total. The molecule has 2 rings (SSSR count). The second-order valence-electron chi connectivity index (χ2n) is 5.94. The molecule has 1 aliphatic rings. The van der Waals surface area contributed by atoms with Gasteiger partial charge in [0.15, 0.2) is 0 Å². The molecule has 0 unspecified atom stereocenters. The summed E-state index contributed by atoms with van der Waals surface area (Å²) in [5.74, 6) is 0. The summed E-state index contributed by atoms with van der Waals surface area (Å²) in [6.07, 6.45) is 2.20. The number of ether oxygens (including phenoxy) is 1. The Morgan fingerprint density at radius 2 is 2.15 bits per heavy atom. The van der Waals surface area contributed by atoms with Gasteiger partial charge in [0.2, 0.25) is 0 Å². The highest BCUT2D eigenvalue weighted by Gasteiger charge is 2.31. The van der Waals surface area contributed by atoms with Gasteiger partial charge in [-0.3, -0.25) is 4.79 Å². The fourth-order valence-electron chi connectivity index (χ4n) is 2.23. The molecule has 0 aliphatic carbocycles. The van der Waals surface area contributed by atoms with Crippen LogP contribution in [0.25, 0.3) is 0 Å². The Labute approximate surface area is 126 Å². The van der Waals surface area contributed by atoms with Crippen LogP contribution in [0, 0.1) is 0 Å². The number of aromatic nitrogens is 1. The molecule has 1 aromatic rings. The third kappa shape index (κ3) is 3.42. The molecule has 5 nitrogen and oxygen atoms in total. The van der Waals surface area contributed by atoms with E-state index in [2.05, 4.69) is 15.9 Å². The lowest BCUT2D eigenvalue weighted by atomic mass is 10.2. The summed E-state index contributed by atoms with van der Waals surface area (Å²) in [5.41, 5.74) is -0.564. The molecule has 20 heavy (non-hydrogen) atoms. The Morgan fingerprint density at radius 1 is 1.45 bits per heavy atom. The number of nitrogens with zero attached hydrogens (tertiary/aromatic N) is 2. The number of carbonyl (C=O) groups excluding carboxylic acids is 1. The molecule has 1 fully saturated rings. The largest absolute Gasteiger partial charge is 0.444 e. The van der Waals surface area contributed by atoms with Gasteiger partial charge >= 0.3 is 6.09 Å². The van der Waals surface area contributed by atoms with E-state index in [1.807, 2.05) is 26.8 Å². The van der Waals surface area contributed by atoms with Gasteiger partial charge in [-0.2, -0.15) is 0 Å². The highest BCUT2D eigenvalue weighted by molar-refractivity contribution is 9.10. The van der Waals surface area contributed by atoms with Crippen LogP contribution in [0.15, 0.2) is 27.6 Å². The van der Waals surface area contributed by atoms with Crippen LogP contribution in [0.5, 0.6) is 0 Å². The molecule has 0 saturated carbocycles. The number of rotatable bonds is 1. The summed E-state index contributed by atoms with van der Waals surface area (Å²) in [4.78, 5) is 25.7.